The standard InChI is InChI=1S/C15H24N2O2/c1-5-12-7-6-8-13(11-12)16-9-10-17-14(18)19-15(2,3)4/h6-8,11,16H,5,9-10H2,1-4H3,(H,17,18). The van der Waals surface area contributed by atoms with E-state index in [1.165, 1.54) is 5.56 Å². The zero-order chi connectivity index (χ0) is 14.3. The molecule has 0 saturated carbocycles. The Bertz CT molecular complexity index is 411. The summed E-state index contributed by atoms with van der Waals surface area (Å²) in [5.41, 5.74) is 1.92. The zero-order valence-electron chi connectivity index (χ0n) is 12.2. The molecule has 2 N–H and O–H groups in total. The number of hydrogen-bond donors (Lipinski definition) is 2. The van der Waals surface area contributed by atoms with Crippen LogP contribution in [0, 0.1) is 0 Å². The predicted molar refractivity (Wildman–Crippen MR) is 78.5 cm³/mol. The lowest BCUT2D eigenvalue weighted by molar-refractivity contribution is 0.0530. The molecule has 0 saturated heterocycles. The number of rotatable bonds is 5. The molecule has 4 nitrogen and oxygen atoms in total. The first-order chi connectivity index (χ1) is 8.90. The number of ether oxygens (including phenoxy) is 1. The summed E-state index contributed by atoms with van der Waals surface area (Å²) in [4.78, 5) is 11.4. The van der Waals surface area contributed by atoms with E-state index < -0.39 is 5.60 Å². The van der Waals surface area contributed by atoms with Gasteiger partial charge in [-0.25, -0.2) is 4.79 Å². The minimum absolute atomic E-state index is 0.378. The van der Waals surface area contributed by atoms with Gasteiger partial charge in [0.2, 0.25) is 0 Å². The Morgan fingerprint density at radius 2 is 2.00 bits per heavy atom. The highest BCUT2D eigenvalue weighted by Crippen LogP contribution is 2.10. The third kappa shape index (κ3) is 6.70. The number of anilines is 1. The molecular formula is C15H24N2O2. The van der Waals surface area contributed by atoms with Crippen molar-refractivity contribution in [3.8, 4) is 0 Å². The first-order valence-electron chi connectivity index (χ1n) is 6.70. The Morgan fingerprint density at radius 3 is 2.63 bits per heavy atom. The molecule has 19 heavy (non-hydrogen) atoms. The smallest absolute Gasteiger partial charge is 0.407 e. The van der Waals surface area contributed by atoms with E-state index in [1.54, 1.807) is 0 Å². The molecule has 1 rings (SSSR count). The largest absolute Gasteiger partial charge is 0.444 e. The molecule has 1 aromatic carbocycles. The summed E-state index contributed by atoms with van der Waals surface area (Å²) in [6, 6.07) is 8.27. The predicted octanol–water partition coefficient (Wildman–Crippen LogP) is 3.19. The Balaban J connectivity index is 2.25. The van der Waals surface area contributed by atoms with Crippen molar-refractivity contribution in [3.63, 3.8) is 0 Å². The van der Waals surface area contributed by atoms with Gasteiger partial charge in [0.1, 0.15) is 5.60 Å². The molecule has 4 heteroatoms. The average Bonchev–Trinajstić information content (AvgIpc) is 2.33. The lowest BCUT2D eigenvalue weighted by atomic mass is 10.1. The van der Waals surface area contributed by atoms with Crippen LogP contribution < -0.4 is 10.6 Å². The fourth-order valence-electron chi connectivity index (χ4n) is 1.59. The van der Waals surface area contributed by atoms with Crippen LogP contribution in [0.25, 0.3) is 0 Å². The number of carbonyl (C=O) groups is 1. The van der Waals surface area contributed by atoms with Gasteiger partial charge in [0, 0.05) is 18.8 Å². The van der Waals surface area contributed by atoms with Gasteiger partial charge in [0.05, 0.1) is 0 Å². The maximum absolute atomic E-state index is 11.4. The summed E-state index contributed by atoms with van der Waals surface area (Å²) in [7, 11) is 0. The number of carbonyl (C=O) groups excluding carboxylic acids is 1. The molecule has 0 aliphatic carbocycles. The zero-order valence-corrected chi connectivity index (χ0v) is 12.2. The van der Waals surface area contributed by atoms with E-state index in [0.717, 1.165) is 12.1 Å². The summed E-state index contributed by atoms with van der Waals surface area (Å²) in [6.45, 7) is 8.88. The van der Waals surface area contributed by atoms with Crippen LogP contribution in [0.3, 0.4) is 0 Å². The van der Waals surface area contributed by atoms with E-state index in [4.69, 9.17) is 4.74 Å². The quantitative estimate of drug-likeness (QED) is 0.803. The maximum Gasteiger partial charge on any atom is 0.407 e. The van der Waals surface area contributed by atoms with E-state index in [2.05, 4.69) is 29.7 Å². The molecule has 0 spiro atoms. The van der Waals surface area contributed by atoms with Gasteiger partial charge in [0.25, 0.3) is 0 Å². The lowest BCUT2D eigenvalue weighted by Gasteiger charge is -2.19. The van der Waals surface area contributed by atoms with Crippen molar-refractivity contribution in [2.24, 2.45) is 0 Å². The van der Waals surface area contributed by atoms with Crippen LogP contribution >= 0.6 is 0 Å². The molecule has 0 aliphatic rings. The van der Waals surface area contributed by atoms with Crippen molar-refractivity contribution in [2.75, 3.05) is 18.4 Å². The average molecular weight is 264 g/mol. The second-order valence-corrected chi connectivity index (χ2v) is 5.41. The fraction of sp³-hybridized carbons (Fsp3) is 0.533. The second-order valence-electron chi connectivity index (χ2n) is 5.41. The first-order valence-corrected chi connectivity index (χ1v) is 6.70. The molecule has 0 unspecified atom stereocenters. The summed E-state index contributed by atoms with van der Waals surface area (Å²) < 4.78 is 5.15. The normalized spacial score (nSPS) is 10.9. The Morgan fingerprint density at radius 1 is 1.26 bits per heavy atom. The fourth-order valence-corrected chi connectivity index (χ4v) is 1.59. The number of alkyl carbamates (subject to hydrolysis) is 1. The van der Waals surface area contributed by atoms with Crippen molar-refractivity contribution >= 4 is 11.8 Å². The molecule has 1 amide bonds. The van der Waals surface area contributed by atoms with Crippen LogP contribution in [0.5, 0.6) is 0 Å². The van der Waals surface area contributed by atoms with E-state index in [9.17, 15) is 4.79 Å². The van der Waals surface area contributed by atoms with Gasteiger partial charge in [-0.05, 0) is 44.9 Å². The van der Waals surface area contributed by atoms with E-state index in [1.807, 2.05) is 32.9 Å². The van der Waals surface area contributed by atoms with Crippen LogP contribution in [-0.4, -0.2) is 24.8 Å². The number of nitrogens with one attached hydrogen (secondary N) is 2. The number of hydrogen-bond acceptors (Lipinski definition) is 3. The van der Waals surface area contributed by atoms with Crippen LogP contribution in [-0.2, 0) is 11.2 Å². The van der Waals surface area contributed by atoms with Gasteiger partial charge in [-0.3, -0.25) is 0 Å². The first kappa shape index (κ1) is 15.3. The Labute approximate surface area is 115 Å². The number of benzene rings is 1. The SMILES string of the molecule is CCc1cccc(NCCNC(=O)OC(C)(C)C)c1. The minimum atomic E-state index is -0.451. The number of aryl methyl sites for hydroxylation is 1. The van der Waals surface area contributed by atoms with Crippen LogP contribution in [0.2, 0.25) is 0 Å². The molecule has 0 radical (unpaired) electrons. The van der Waals surface area contributed by atoms with Gasteiger partial charge < -0.3 is 15.4 Å². The minimum Gasteiger partial charge on any atom is -0.444 e. The monoisotopic (exact) mass is 264 g/mol. The lowest BCUT2D eigenvalue weighted by Crippen LogP contribution is -2.34. The Hall–Kier alpha value is -1.71. The number of amides is 1. The van der Waals surface area contributed by atoms with Gasteiger partial charge in [-0.1, -0.05) is 19.1 Å². The molecule has 0 aromatic heterocycles. The Kier molecular flexibility index (Phi) is 5.67. The molecule has 106 valence electrons. The molecule has 0 heterocycles. The van der Waals surface area contributed by atoms with Crippen LogP contribution in [0.15, 0.2) is 24.3 Å². The van der Waals surface area contributed by atoms with Crippen LogP contribution in [0.4, 0.5) is 10.5 Å². The van der Waals surface area contributed by atoms with Gasteiger partial charge in [0.15, 0.2) is 0 Å². The third-order valence-electron chi connectivity index (χ3n) is 2.46. The third-order valence-corrected chi connectivity index (χ3v) is 2.46. The molecular weight excluding hydrogens is 240 g/mol. The van der Waals surface area contributed by atoms with Crippen molar-refractivity contribution in [1.29, 1.82) is 0 Å². The highest BCUT2D eigenvalue weighted by molar-refractivity contribution is 5.67. The second kappa shape index (κ2) is 7.02. The summed E-state index contributed by atoms with van der Waals surface area (Å²) in [5, 5.41) is 5.98. The van der Waals surface area contributed by atoms with Crippen molar-refractivity contribution < 1.29 is 9.53 Å². The van der Waals surface area contributed by atoms with Crippen molar-refractivity contribution in [3.05, 3.63) is 29.8 Å². The maximum atomic E-state index is 11.4. The van der Waals surface area contributed by atoms with Crippen molar-refractivity contribution in [1.82, 2.24) is 5.32 Å². The van der Waals surface area contributed by atoms with E-state index >= 15 is 0 Å². The van der Waals surface area contributed by atoms with E-state index in [0.29, 0.717) is 13.1 Å². The van der Waals surface area contributed by atoms with Gasteiger partial charge >= 0.3 is 6.09 Å². The molecule has 0 aliphatic heterocycles. The molecule has 0 fully saturated rings. The molecule has 1 aromatic rings. The molecule has 0 atom stereocenters. The van der Waals surface area contributed by atoms with E-state index in [-0.39, 0.29) is 6.09 Å². The van der Waals surface area contributed by atoms with Crippen molar-refractivity contribution in [2.45, 2.75) is 39.7 Å². The summed E-state index contributed by atoms with van der Waals surface area (Å²) >= 11 is 0. The van der Waals surface area contributed by atoms with Gasteiger partial charge in [-0.15, -0.1) is 0 Å². The van der Waals surface area contributed by atoms with Gasteiger partial charge in [-0.2, -0.15) is 0 Å². The molecule has 0 bridgehead atoms. The highest BCUT2D eigenvalue weighted by Gasteiger charge is 2.15. The topological polar surface area (TPSA) is 50.4 Å². The highest BCUT2D eigenvalue weighted by atomic mass is 16.6. The summed E-state index contributed by atoms with van der Waals surface area (Å²) in [6.07, 6.45) is 0.641. The summed E-state index contributed by atoms with van der Waals surface area (Å²) in [5.74, 6) is 0. The van der Waals surface area contributed by atoms with Crippen LogP contribution in [0.1, 0.15) is 33.3 Å².